The first kappa shape index (κ1) is 9.97. The molecule has 0 heterocycles. The zero-order valence-corrected chi connectivity index (χ0v) is 7.03. The molecule has 0 saturated heterocycles. The topological polar surface area (TPSA) is 93.8 Å². The zero-order chi connectivity index (χ0) is 10.7. The van der Waals surface area contributed by atoms with Gasteiger partial charge in [0.05, 0.1) is 6.07 Å². The van der Waals surface area contributed by atoms with E-state index in [9.17, 15) is 9.50 Å². The number of aromatic hydroxyl groups is 1. The smallest absolute Gasteiger partial charge is 0.144 e. The van der Waals surface area contributed by atoms with Crippen molar-refractivity contribution in [3.8, 4) is 17.9 Å². The summed E-state index contributed by atoms with van der Waals surface area (Å²) in [6, 6.07) is 4.28. The molecular formula is C9H6FN3O. The van der Waals surface area contributed by atoms with Crippen LogP contribution in [0.5, 0.6) is 5.75 Å². The fourth-order valence-electron chi connectivity index (χ4n) is 1.01. The van der Waals surface area contributed by atoms with Crippen LogP contribution in [0.15, 0.2) is 12.1 Å². The van der Waals surface area contributed by atoms with Crippen LogP contribution >= 0.6 is 0 Å². The second-order valence-electron chi connectivity index (χ2n) is 2.58. The van der Waals surface area contributed by atoms with Gasteiger partial charge in [0.1, 0.15) is 29.2 Å². The van der Waals surface area contributed by atoms with Crippen molar-refractivity contribution in [3.63, 3.8) is 0 Å². The minimum atomic E-state index is -1.07. The molecule has 0 radical (unpaired) electrons. The van der Waals surface area contributed by atoms with E-state index in [-0.39, 0.29) is 5.56 Å². The van der Waals surface area contributed by atoms with Crippen molar-refractivity contribution in [3.05, 3.63) is 29.1 Å². The van der Waals surface area contributed by atoms with Crippen molar-refractivity contribution in [2.24, 2.45) is 5.73 Å². The SMILES string of the molecule is N#Cc1c(F)ccc(C(N)C#N)c1O. The minimum absolute atomic E-state index is 0.0467. The van der Waals surface area contributed by atoms with E-state index in [2.05, 4.69) is 0 Å². The van der Waals surface area contributed by atoms with E-state index in [0.717, 1.165) is 6.07 Å². The Bertz CT molecular complexity index is 445. The molecule has 14 heavy (non-hydrogen) atoms. The summed E-state index contributed by atoms with van der Waals surface area (Å²) in [4.78, 5) is 0. The van der Waals surface area contributed by atoms with E-state index in [1.807, 2.05) is 0 Å². The summed E-state index contributed by atoms with van der Waals surface area (Å²) in [7, 11) is 0. The summed E-state index contributed by atoms with van der Waals surface area (Å²) >= 11 is 0. The van der Waals surface area contributed by atoms with E-state index < -0.39 is 23.2 Å². The third-order valence-corrected chi connectivity index (χ3v) is 1.74. The molecule has 0 aliphatic rings. The molecule has 0 aliphatic carbocycles. The standard InChI is InChI=1S/C9H6FN3O/c10-7-2-1-5(8(13)4-12)9(14)6(7)3-11/h1-2,8,14H,13H2. The first-order valence-electron chi connectivity index (χ1n) is 3.68. The highest BCUT2D eigenvalue weighted by atomic mass is 19.1. The highest BCUT2D eigenvalue weighted by molar-refractivity contribution is 5.50. The lowest BCUT2D eigenvalue weighted by molar-refractivity contribution is 0.457. The van der Waals surface area contributed by atoms with Gasteiger partial charge in [-0.05, 0) is 12.1 Å². The summed E-state index contributed by atoms with van der Waals surface area (Å²) in [5.41, 5.74) is 4.87. The van der Waals surface area contributed by atoms with E-state index in [1.54, 1.807) is 6.07 Å². The van der Waals surface area contributed by atoms with Gasteiger partial charge in [-0.25, -0.2) is 4.39 Å². The number of nitrogens with zero attached hydrogens (tertiary/aromatic N) is 2. The summed E-state index contributed by atoms with van der Waals surface area (Å²) in [6.45, 7) is 0. The molecule has 0 amide bonds. The van der Waals surface area contributed by atoms with Crippen molar-refractivity contribution in [2.75, 3.05) is 0 Å². The molecule has 5 heteroatoms. The number of halogens is 1. The molecule has 4 nitrogen and oxygen atoms in total. The molecule has 1 aromatic carbocycles. The van der Waals surface area contributed by atoms with Gasteiger partial charge >= 0.3 is 0 Å². The van der Waals surface area contributed by atoms with Gasteiger partial charge in [-0.2, -0.15) is 10.5 Å². The van der Waals surface area contributed by atoms with E-state index in [1.165, 1.54) is 12.1 Å². The Kier molecular flexibility index (Phi) is 2.66. The second kappa shape index (κ2) is 3.73. The predicted molar refractivity (Wildman–Crippen MR) is 45.3 cm³/mol. The van der Waals surface area contributed by atoms with Crippen LogP contribution < -0.4 is 5.73 Å². The number of nitrogens with two attached hydrogens (primary N) is 1. The van der Waals surface area contributed by atoms with Crippen molar-refractivity contribution >= 4 is 0 Å². The lowest BCUT2D eigenvalue weighted by Gasteiger charge is -2.07. The first-order valence-corrected chi connectivity index (χ1v) is 3.68. The number of phenolic OH excluding ortho intramolecular Hbond substituents is 1. The quantitative estimate of drug-likeness (QED) is 0.690. The van der Waals surface area contributed by atoms with Crippen molar-refractivity contribution in [2.45, 2.75) is 6.04 Å². The maximum atomic E-state index is 12.9. The Balaban J connectivity index is 3.39. The number of phenols is 1. The molecule has 0 aromatic heterocycles. The maximum absolute atomic E-state index is 12.9. The van der Waals surface area contributed by atoms with Crippen LogP contribution in [0.4, 0.5) is 4.39 Å². The van der Waals surface area contributed by atoms with E-state index in [4.69, 9.17) is 16.3 Å². The van der Waals surface area contributed by atoms with E-state index >= 15 is 0 Å². The Hall–Kier alpha value is -2.11. The van der Waals surface area contributed by atoms with E-state index in [0.29, 0.717) is 0 Å². The Labute approximate surface area is 79.6 Å². The van der Waals surface area contributed by atoms with Crippen LogP contribution in [0.3, 0.4) is 0 Å². The number of hydrogen-bond donors (Lipinski definition) is 2. The van der Waals surface area contributed by atoms with Crippen LogP contribution in [0.2, 0.25) is 0 Å². The Morgan fingerprint density at radius 3 is 2.57 bits per heavy atom. The van der Waals surface area contributed by atoms with Crippen LogP contribution in [0, 0.1) is 28.5 Å². The van der Waals surface area contributed by atoms with Gasteiger partial charge in [0.2, 0.25) is 0 Å². The van der Waals surface area contributed by atoms with Crippen LogP contribution in [-0.2, 0) is 0 Å². The average molecular weight is 191 g/mol. The minimum Gasteiger partial charge on any atom is -0.506 e. The van der Waals surface area contributed by atoms with Gasteiger partial charge < -0.3 is 10.8 Å². The van der Waals surface area contributed by atoms with Gasteiger partial charge in [0.25, 0.3) is 0 Å². The fraction of sp³-hybridized carbons (Fsp3) is 0.111. The van der Waals surface area contributed by atoms with Gasteiger partial charge in [-0.15, -0.1) is 0 Å². The third-order valence-electron chi connectivity index (χ3n) is 1.74. The third kappa shape index (κ3) is 1.49. The van der Waals surface area contributed by atoms with Crippen molar-refractivity contribution < 1.29 is 9.50 Å². The highest BCUT2D eigenvalue weighted by Crippen LogP contribution is 2.27. The number of rotatable bonds is 1. The molecule has 0 fully saturated rings. The second-order valence-corrected chi connectivity index (χ2v) is 2.58. The number of benzene rings is 1. The first-order chi connectivity index (χ1) is 6.61. The van der Waals surface area contributed by atoms with Crippen LogP contribution in [0.25, 0.3) is 0 Å². The molecule has 1 aromatic rings. The molecule has 3 N–H and O–H groups in total. The average Bonchev–Trinajstić information content (AvgIpc) is 2.18. The maximum Gasteiger partial charge on any atom is 0.144 e. The molecule has 0 spiro atoms. The molecular weight excluding hydrogens is 185 g/mol. The highest BCUT2D eigenvalue weighted by Gasteiger charge is 2.16. The summed E-state index contributed by atoms with van der Waals surface area (Å²) < 4.78 is 12.9. The molecule has 0 aliphatic heterocycles. The summed E-state index contributed by atoms with van der Waals surface area (Å²) in [5.74, 6) is -1.40. The normalized spacial score (nSPS) is 11.4. The fourth-order valence-corrected chi connectivity index (χ4v) is 1.01. The molecule has 70 valence electrons. The number of nitriles is 2. The lowest BCUT2D eigenvalue weighted by Crippen LogP contribution is -2.08. The molecule has 0 bridgehead atoms. The summed E-state index contributed by atoms with van der Waals surface area (Å²) in [5, 5.41) is 26.4. The molecule has 1 rings (SSSR count). The van der Waals surface area contributed by atoms with Gasteiger partial charge in [0.15, 0.2) is 0 Å². The van der Waals surface area contributed by atoms with Gasteiger partial charge in [-0.1, -0.05) is 0 Å². The largest absolute Gasteiger partial charge is 0.506 e. The monoisotopic (exact) mass is 191 g/mol. The van der Waals surface area contributed by atoms with Crippen LogP contribution in [-0.4, -0.2) is 5.11 Å². The predicted octanol–water partition coefficient (Wildman–Crippen LogP) is 0.926. The number of hydrogen-bond acceptors (Lipinski definition) is 4. The Morgan fingerprint density at radius 1 is 1.43 bits per heavy atom. The lowest BCUT2D eigenvalue weighted by atomic mass is 10.0. The molecule has 0 saturated carbocycles. The van der Waals surface area contributed by atoms with Crippen molar-refractivity contribution in [1.29, 1.82) is 10.5 Å². The molecule has 1 atom stereocenters. The Morgan fingerprint density at radius 2 is 2.07 bits per heavy atom. The van der Waals surface area contributed by atoms with Gasteiger partial charge in [-0.3, -0.25) is 0 Å². The zero-order valence-electron chi connectivity index (χ0n) is 7.03. The van der Waals surface area contributed by atoms with Crippen LogP contribution in [0.1, 0.15) is 17.2 Å². The summed E-state index contributed by atoms with van der Waals surface area (Å²) in [6.07, 6.45) is 0. The van der Waals surface area contributed by atoms with Crippen molar-refractivity contribution in [1.82, 2.24) is 0 Å². The van der Waals surface area contributed by atoms with Gasteiger partial charge in [0, 0.05) is 5.56 Å². The molecule has 1 unspecified atom stereocenters.